The van der Waals surface area contributed by atoms with E-state index in [0.717, 1.165) is 5.56 Å². The van der Waals surface area contributed by atoms with Gasteiger partial charge in [0.1, 0.15) is 5.75 Å². The summed E-state index contributed by atoms with van der Waals surface area (Å²) in [7, 11) is 0. The van der Waals surface area contributed by atoms with Crippen molar-refractivity contribution in [2.75, 3.05) is 11.9 Å². The molecule has 0 radical (unpaired) electrons. The van der Waals surface area contributed by atoms with Gasteiger partial charge in [0.2, 0.25) is 0 Å². The molecule has 2 rings (SSSR count). The Labute approximate surface area is 154 Å². The van der Waals surface area contributed by atoms with Crippen LogP contribution in [0.25, 0.3) is 0 Å². The summed E-state index contributed by atoms with van der Waals surface area (Å²) < 4.78 is 10.9. The number of ether oxygens (including phenoxy) is 2. The second-order valence-electron chi connectivity index (χ2n) is 6.02. The van der Waals surface area contributed by atoms with Gasteiger partial charge in [0.05, 0.1) is 12.2 Å². The van der Waals surface area contributed by atoms with Crippen LogP contribution < -0.4 is 10.1 Å². The first-order chi connectivity index (χ1) is 12.5. The van der Waals surface area contributed by atoms with Crippen molar-refractivity contribution in [3.8, 4) is 5.75 Å². The van der Waals surface area contributed by atoms with Crippen molar-refractivity contribution in [2.24, 2.45) is 0 Å². The highest BCUT2D eigenvalue weighted by Gasteiger charge is 2.20. The number of amides is 1. The van der Waals surface area contributed by atoms with Gasteiger partial charge in [-0.05, 0) is 57.0 Å². The number of rotatable bonds is 7. The van der Waals surface area contributed by atoms with Gasteiger partial charge in [-0.3, -0.25) is 4.79 Å². The molecule has 0 spiro atoms. The molecule has 0 aliphatic heterocycles. The highest BCUT2D eigenvalue weighted by molar-refractivity contribution is 5.98. The van der Waals surface area contributed by atoms with Crippen LogP contribution in [-0.2, 0) is 9.53 Å². The standard InChI is InChI=1S/C21H25NO4/c1-5-19(26-16-12-10-14(3)11-13-16)20(23)22-18-9-7-8-17(15(18)4)21(24)25-6-2/h7-13,19H,5-6H2,1-4H3,(H,22,23). The predicted octanol–water partition coefficient (Wildman–Crippen LogP) is 4.28. The zero-order chi connectivity index (χ0) is 19.1. The molecule has 0 fully saturated rings. The minimum Gasteiger partial charge on any atom is -0.481 e. The van der Waals surface area contributed by atoms with Crippen LogP contribution in [0, 0.1) is 13.8 Å². The van der Waals surface area contributed by atoms with Gasteiger partial charge in [0, 0.05) is 5.69 Å². The molecule has 2 aromatic carbocycles. The summed E-state index contributed by atoms with van der Waals surface area (Å²) in [5, 5.41) is 2.86. The lowest BCUT2D eigenvalue weighted by molar-refractivity contribution is -0.122. The highest BCUT2D eigenvalue weighted by Crippen LogP contribution is 2.21. The molecule has 26 heavy (non-hydrogen) atoms. The third-order valence-electron chi connectivity index (χ3n) is 4.05. The number of nitrogens with one attached hydrogen (secondary N) is 1. The maximum absolute atomic E-state index is 12.6. The lowest BCUT2D eigenvalue weighted by Gasteiger charge is -2.19. The Balaban J connectivity index is 2.13. The Morgan fingerprint density at radius 3 is 2.35 bits per heavy atom. The van der Waals surface area contributed by atoms with E-state index >= 15 is 0 Å². The average molecular weight is 355 g/mol. The maximum Gasteiger partial charge on any atom is 0.338 e. The van der Waals surface area contributed by atoms with Crippen LogP contribution in [0.1, 0.15) is 41.8 Å². The number of aryl methyl sites for hydroxylation is 1. The van der Waals surface area contributed by atoms with E-state index in [1.807, 2.05) is 38.1 Å². The number of hydrogen-bond acceptors (Lipinski definition) is 4. The molecule has 138 valence electrons. The van der Waals surface area contributed by atoms with E-state index in [1.165, 1.54) is 0 Å². The monoisotopic (exact) mass is 355 g/mol. The van der Waals surface area contributed by atoms with Crippen molar-refractivity contribution in [3.05, 3.63) is 59.2 Å². The minimum absolute atomic E-state index is 0.253. The largest absolute Gasteiger partial charge is 0.481 e. The van der Waals surface area contributed by atoms with E-state index in [4.69, 9.17) is 9.47 Å². The van der Waals surface area contributed by atoms with Gasteiger partial charge in [-0.1, -0.05) is 30.7 Å². The Morgan fingerprint density at radius 2 is 1.73 bits per heavy atom. The first kappa shape index (κ1) is 19.5. The van der Waals surface area contributed by atoms with E-state index in [0.29, 0.717) is 35.6 Å². The molecule has 1 N–H and O–H groups in total. The summed E-state index contributed by atoms with van der Waals surface area (Å²) in [5.41, 5.74) is 2.81. The van der Waals surface area contributed by atoms with Crippen LogP contribution in [0.5, 0.6) is 5.75 Å². The zero-order valence-electron chi connectivity index (χ0n) is 15.7. The van der Waals surface area contributed by atoms with E-state index in [1.54, 1.807) is 32.0 Å². The number of carbonyl (C=O) groups is 2. The molecule has 5 heteroatoms. The van der Waals surface area contributed by atoms with Crippen molar-refractivity contribution in [1.82, 2.24) is 0 Å². The summed E-state index contributed by atoms with van der Waals surface area (Å²) >= 11 is 0. The van der Waals surface area contributed by atoms with Gasteiger partial charge < -0.3 is 14.8 Å². The molecule has 0 bridgehead atoms. The van der Waals surface area contributed by atoms with E-state index < -0.39 is 12.1 Å². The molecule has 0 aliphatic rings. The molecule has 1 unspecified atom stereocenters. The Hall–Kier alpha value is -2.82. The van der Waals surface area contributed by atoms with Gasteiger partial charge in [0.15, 0.2) is 6.10 Å². The summed E-state index contributed by atoms with van der Waals surface area (Å²) in [4.78, 5) is 24.6. The Bertz CT molecular complexity index is 768. The van der Waals surface area contributed by atoms with Gasteiger partial charge >= 0.3 is 5.97 Å². The predicted molar refractivity (Wildman–Crippen MR) is 102 cm³/mol. The van der Waals surface area contributed by atoms with Crippen molar-refractivity contribution in [3.63, 3.8) is 0 Å². The maximum atomic E-state index is 12.6. The molecule has 1 amide bonds. The molecule has 1 atom stereocenters. The first-order valence-electron chi connectivity index (χ1n) is 8.77. The lowest BCUT2D eigenvalue weighted by Crippen LogP contribution is -2.32. The van der Waals surface area contributed by atoms with Crippen LogP contribution in [0.3, 0.4) is 0 Å². The van der Waals surface area contributed by atoms with Crippen molar-refractivity contribution < 1.29 is 19.1 Å². The summed E-state index contributed by atoms with van der Waals surface area (Å²) in [5.74, 6) is -0.00386. The van der Waals surface area contributed by atoms with E-state index in [2.05, 4.69) is 5.32 Å². The summed E-state index contributed by atoms with van der Waals surface area (Å²) in [6.07, 6.45) is -0.0978. The molecular weight excluding hydrogens is 330 g/mol. The number of anilines is 1. The molecule has 0 saturated heterocycles. The molecule has 5 nitrogen and oxygen atoms in total. The van der Waals surface area contributed by atoms with Gasteiger partial charge in [-0.2, -0.15) is 0 Å². The van der Waals surface area contributed by atoms with Crippen LogP contribution in [0.15, 0.2) is 42.5 Å². The van der Waals surface area contributed by atoms with Crippen molar-refractivity contribution >= 4 is 17.6 Å². The van der Waals surface area contributed by atoms with Gasteiger partial charge in [0.25, 0.3) is 5.91 Å². The third-order valence-corrected chi connectivity index (χ3v) is 4.05. The fourth-order valence-electron chi connectivity index (χ4n) is 2.52. The molecule has 0 aliphatic carbocycles. The van der Waals surface area contributed by atoms with Crippen LogP contribution >= 0.6 is 0 Å². The topological polar surface area (TPSA) is 64.6 Å². The molecular formula is C21H25NO4. The second kappa shape index (κ2) is 9.04. The fraction of sp³-hybridized carbons (Fsp3) is 0.333. The SMILES string of the molecule is CCOC(=O)c1cccc(NC(=O)C(CC)Oc2ccc(C)cc2)c1C. The molecule has 2 aromatic rings. The minimum atomic E-state index is -0.622. The van der Waals surface area contributed by atoms with Crippen LogP contribution in [0.4, 0.5) is 5.69 Å². The average Bonchev–Trinajstić information content (AvgIpc) is 2.63. The summed E-state index contributed by atoms with van der Waals surface area (Å²) in [6.45, 7) is 7.72. The van der Waals surface area contributed by atoms with E-state index in [9.17, 15) is 9.59 Å². The number of benzene rings is 2. The van der Waals surface area contributed by atoms with Gasteiger partial charge in [-0.15, -0.1) is 0 Å². The molecule has 0 heterocycles. The highest BCUT2D eigenvalue weighted by atomic mass is 16.5. The van der Waals surface area contributed by atoms with Gasteiger partial charge in [-0.25, -0.2) is 4.79 Å². The van der Waals surface area contributed by atoms with Crippen LogP contribution in [0.2, 0.25) is 0 Å². The fourth-order valence-corrected chi connectivity index (χ4v) is 2.52. The quantitative estimate of drug-likeness (QED) is 0.753. The lowest BCUT2D eigenvalue weighted by atomic mass is 10.1. The Kier molecular flexibility index (Phi) is 6.78. The summed E-state index contributed by atoms with van der Waals surface area (Å²) in [6, 6.07) is 12.7. The molecule has 0 aromatic heterocycles. The third kappa shape index (κ3) is 4.85. The van der Waals surface area contributed by atoms with Crippen molar-refractivity contribution in [1.29, 1.82) is 0 Å². The number of carbonyl (C=O) groups excluding carboxylic acids is 2. The zero-order valence-corrected chi connectivity index (χ0v) is 15.7. The smallest absolute Gasteiger partial charge is 0.338 e. The Morgan fingerprint density at radius 1 is 1.04 bits per heavy atom. The first-order valence-corrected chi connectivity index (χ1v) is 8.77. The number of esters is 1. The van der Waals surface area contributed by atoms with E-state index in [-0.39, 0.29) is 5.91 Å². The number of hydrogen-bond donors (Lipinski definition) is 1. The second-order valence-corrected chi connectivity index (χ2v) is 6.02. The van der Waals surface area contributed by atoms with Crippen LogP contribution in [-0.4, -0.2) is 24.6 Å². The normalized spacial score (nSPS) is 11.5. The van der Waals surface area contributed by atoms with Crippen molar-refractivity contribution in [2.45, 2.75) is 40.2 Å². The molecule has 0 saturated carbocycles.